The maximum Gasteiger partial charge on any atom is 0.282 e. The van der Waals surface area contributed by atoms with Gasteiger partial charge < -0.3 is 10.6 Å². The maximum absolute atomic E-state index is 13.9. The van der Waals surface area contributed by atoms with Crippen molar-refractivity contribution in [2.24, 2.45) is 0 Å². The molecule has 0 spiro atoms. The highest BCUT2D eigenvalue weighted by atomic mass is 19.2. The number of rotatable bonds is 5. The van der Waals surface area contributed by atoms with E-state index in [2.05, 4.69) is 10.6 Å². The van der Waals surface area contributed by atoms with Crippen LogP contribution < -0.4 is 15.5 Å². The van der Waals surface area contributed by atoms with Gasteiger partial charge in [0.2, 0.25) is 5.91 Å². The third-order valence-corrected chi connectivity index (χ3v) is 5.37. The van der Waals surface area contributed by atoms with Gasteiger partial charge in [-0.15, -0.1) is 0 Å². The molecule has 0 bridgehead atoms. The Bertz CT molecular complexity index is 1360. The van der Waals surface area contributed by atoms with E-state index in [0.29, 0.717) is 16.9 Å². The molecule has 4 rings (SSSR count). The average molecular weight is 461 g/mol. The molecule has 0 fully saturated rings. The second-order valence-corrected chi connectivity index (χ2v) is 8.00. The van der Waals surface area contributed by atoms with Crippen molar-refractivity contribution in [1.29, 1.82) is 0 Å². The predicted molar refractivity (Wildman–Crippen MR) is 126 cm³/mol. The van der Waals surface area contributed by atoms with Crippen molar-refractivity contribution in [3.05, 3.63) is 94.7 Å². The molecule has 3 aromatic carbocycles. The lowest BCUT2D eigenvalue weighted by atomic mass is 9.97. The third-order valence-electron chi connectivity index (χ3n) is 5.37. The van der Waals surface area contributed by atoms with Crippen LogP contribution in [0.1, 0.15) is 23.6 Å². The molecule has 8 heteroatoms. The number of imide groups is 1. The molecule has 0 saturated carbocycles. The first-order chi connectivity index (χ1) is 16.2. The predicted octanol–water partition coefficient (Wildman–Crippen LogP) is 4.94. The number of halogens is 2. The summed E-state index contributed by atoms with van der Waals surface area (Å²) >= 11 is 0. The van der Waals surface area contributed by atoms with Crippen LogP contribution in [0, 0.1) is 25.5 Å². The number of amides is 3. The highest BCUT2D eigenvalue weighted by Crippen LogP contribution is 2.35. The summed E-state index contributed by atoms with van der Waals surface area (Å²) in [7, 11) is 0. The van der Waals surface area contributed by atoms with Crippen LogP contribution in [0.15, 0.2) is 66.4 Å². The molecule has 1 heterocycles. The van der Waals surface area contributed by atoms with Gasteiger partial charge in [0, 0.05) is 24.4 Å². The van der Waals surface area contributed by atoms with Crippen LogP contribution in [0.4, 0.5) is 25.8 Å². The van der Waals surface area contributed by atoms with Crippen molar-refractivity contribution in [2.45, 2.75) is 20.8 Å². The van der Waals surface area contributed by atoms with Crippen LogP contribution in [-0.2, 0) is 14.4 Å². The Hall–Kier alpha value is -4.33. The smallest absolute Gasteiger partial charge is 0.282 e. The van der Waals surface area contributed by atoms with Gasteiger partial charge in [-0.3, -0.25) is 14.4 Å². The fourth-order valence-corrected chi connectivity index (χ4v) is 3.83. The third kappa shape index (κ3) is 4.30. The first-order valence-electron chi connectivity index (χ1n) is 10.5. The number of benzene rings is 3. The van der Waals surface area contributed by atoms with Gasteiger partial charge in [0.15, 0.2) is 11.6 Å². The number of anilines is 3. The van der Waals surface area contributed by atoms with Gasteiger partial charge in [-0.05, 0) is 61.4 Å². The molecule has 1 aliphatic rings. The topological polar surface area (TPSA) is 78.5 Å². The second kappa shape index (κ2) is 8.90. The largest absolute Gasteiger partial charge is 0.350 e. The highest BCUT2D eigenvalue weighted by Gasteiger charge is 2.41. The summed E-state index contributed by atoms with van der Waals surface area (Å²) in [5.74, 6) is -3.82. The van der Waals surface area contributed by atoms with Crippen molar-refractivity contribution in [1.82, 2.24) is 0 Å². The second-order valence-electron chi connectivity index (χ2n) is 8.00. The van der Waals surface area contributed by atoms with Crippen LogP contribution in [0.3, 0.4) is 0 Å². The van der Waals surface area contributed by atoms with Gasteiger partial charge in [-0.2, -0.15) is 0 Å². The molecular weight excluding hydrogens is 440 g/mol. The summed E-state index contributed by atoms with van der Waals surface area (Å²) in [6.45, 7) is 5.13. The Balaban J connectivity index is 1.79. The van der Waals surface area contributed by atoms with Gasteiger partial charge in [-0.1, -0.05) is 23.8 Å². The van der Waals surface area contributed by atoms with E-state index in [9.17, 15) is 23.2 Å². The van der Waals surface area contributed by atoms with Gasteiger partial charge >= 0.3 is 0 Å². The number of nitrogens with zero attached hydrogens (tertiary/aromatic N) is 1. The lowest BCUT2D eigenvalue weighted by molar-refractivity contribution is -0.120. The Morgan fingerprint density at radius 1 is 0.824 bits per heavy atom. The van der Waals surface area contributed by atoms with E-state index in [4.69, 9.17) is 0 Å². The lowest BCUT2D eigenvalue weighted by Gasteiger charge is -2.16. The number of hydrogen-bond donors (Lipinski definition) is 2. The van der Waals surface area contributed by atoms with Gasteiger partial charge in [0.25, 0.3) is 11.8 Å². The van der Waals surface area contributed by atoms with E-state index in [1.165, 1.54) is 13.0 Å². The Morgan fingerprint density at radius 2 is 1.50 bits per heavy atom. The van der Waals surface area contributed by atoms with Crippen LogP contribution in [0.25, 0.3) is 5.57 Å². The van der Waals surface area contributed by atoms with Crippen LogP contribution in [0.2, 0.25) is 0 Å². The standard InChI is InChI=1S/C26H21F2N3O3/c1-14-4-10-20(15(2)12-14)23-24(30-18-7-5-17(6-8-18)29-16(3)32)26(34)31(25(23)33)19-9-11-21(27)22(28)13-19/h4-13,30H,1-3H3,(H,29,32). The highest BCUT2D eigenvalue weighted by molar-refractivity contribution is 6.46. The average Bonchev–Trinajstić information content (AvgIpc) is 3.01. The molecule has 3 amide bonds. The zero-order valence-electron chi connectivity index (χ0n) is 18.7. The van der Waals surface area contributed by atoms with Gasteiger partial charge in [-0.25, -0.2) is 13.7 Å². The van der Waals surface area contributed by atoms with Gasteiger partial charge in [0.05, 0.1) is 11.3 Å². The Labute approximate surface area is 194 Å². The summed E-state index contributed by atoms with van der Waals surface area (Å²) in [6, 6.07) is 14.9. The van der Waals surface area contributed by atoms with Crippen molar-refractivity contribution in [3.63, 3.8) is 0 Å². The lowest BCUT2D eigenvalue weighted by Crippen LogP contribution is -2.32. The van der Waals surface area contributed by atoms with Crippen LogP contribution >= 0.6 is 0 Å². The summed E-state index contributed by atoms with van der Waals surface area (Å²) < 4.78 is 27.4. The quantitative estimate of drug-likeness (QED) is 0.528. The molecule has 34 heavy (non-hydrogen) atoms. The number of nitrogens with one attached hydrogen (secondary N) is 2. The summed E-state index contributed by atoms with van der Waals surface area (Å²) in [6.07, 6.45) is 0. The number of hydrogen-bond acceptors (Lipinski definition) is 4. The number of aryl methyl sites for hydroxylation is 2. The van der Waals surface area contributed by atoms with Crippen molar-refractivity contribution in [2.75, 3.05) is 15.5 Å². The van der Waals surface area contributed by atoms with E-state index in [1.807, 2.05) is 26.0 Å². The monoisotopic (exact) mass is 461 g/mol. The minimum absolute atomic E-state index is 0.00830. The summed E-state index contributed by atoms with van der Waals surface area (Å²) in [5, 5.41) is 5.66. The Morgan fingerprint density at radius 3 is 2.12 bits per heavy atom. The fourth-order valence-electron chi connectivity index (χ4n) is 3.83. The molecule has 6 nitrogen and oxygen atoms in total. The van der Waals surface area contributed by atoms with Gasteiger partial charge in [0.1, 0.15) is 5.70 Å². The molecule has 2 N–H and O–H groups in total. The zero-order valence-corrected chi connectivity index (χ0v) is 18.7. The molecule has 0 radical (unpaired) electrons. The van der Waals surface area contributed by atoms with E-state index in [-0.39, 0.29) is 22.9 Å². The SMILES string of the molecule is CC(=O)Nc1ccc(NC2=C(c3ccc(C)cc3C)C(=O)N(c3ccc(F)c(F)c3)C2=O)cc1. The van der Waals surface area contributed by atoms with E-state index in [1.54, 1.807) is 30.3 Å². The molecule has 0 saturated heterocycles. The van der Waals surface area contributed by atoms with Crippen LogP contribution in [0.5, 0.6) is 0 Å². The zero-order chi connectivity index (χ0) is 24.6. The van der Waals surface area contributed by atoms with E-state index < -0.39 is 23.4 Å². The minimum atomic E-state index is -1.17. The van der Waals surface area contributed by atoms with E-state index >= 15 is 0 Å². The Kier molecular flexibility index (Phi) is 5.98. The first-order valence-corrected chi connectivity index (χ1v) is 10.5. The summed E-state index contributed by atoms with van der Waals surface area (Å²) in [4.78, 5) is 39.0. The molecule has 1 aliphatic heterocycles. The normalized spacial score (nSPS) is 13.5. The molecule has 172 valence electrons. The first kappa shape index (κ1) is 22.8. The van der Waals surface area contributed by atoms with Crippen LogP contribution in [-0.4, -0.2) is 17.7 Å². The molecule has 0 unspecified atom stereocenters. The molecule has 3 aromatic rings. The fraction of sp³-hybridized carbons (Fsp3) is 0.115. The molecule has 0 aliphatic carbocycles. The van der Waals surface area contributed by atoms with E-state index in [0.717, 1.165) is 28.2 Å². The summed E-state index contributed by atoms with van der Waals surface area (Å²) in [5.41, 5.74) is 3.44. The molecule has 0 aromatic heterocycles. The van der Waals surface area contributed by atoms with Crippen molar-refractivity contribution in [3.8, 4) is 0 Å². The maximum atomic E-state index is 13.9. The van der Waals surface area contributed by atoms with Crippen molar-refractivity contribution >= 4 is 40.4 Å². The minimum Gasteiger partial charge on any atom is -0.350 e. The van der Waals surface area contributed by atoms with Crippen molar-refractivity contribution < 1.29 is 23.2 Å². The number of carbonyl (C=O) groups is 3. The molecular formula is C26H21F2N3O3. The molecule has 0 atom stereocenters. The number of carbonyl (C=O) groups excluding carboxylic acids is 3.